The van der Waals surface area contributed by atoms with Crippen LogP contribution in [0.25, 0.3) is 0 Å². The third-order valence-corrected chi connectivity index (χ3v) is 4.08. The molecule has 142 valence electrons. The zero-order chi connectivity index (χ0) is 19.9. The first-order valence-corrected chi connectivity index (χ1v) is 8.74. The fourth-order valence-electron chi connectivity index (χ4n) is 2.57. The van der Waals surface area contributed by atoms with Gasteiger partial charge in [0.05, 0.1) is 5.56 Å². The molecule has 0 aliphatic heterocycles. The Bertz CT molecular complexity index is 990. The van der Waals surface area contributed by atoms with Crippen LogP contribution in [0.1, 0.15) is 33.2 Å². The van der Waals surface area contributed by atoms with E-state index in [-0.39, 0.29) is 23.1 Å². The number of hydrogen-bond acceptors (Lipinski definition) is 5. The maximum absolute atomic E-state index is 13.6. The lowest BCUT2D eigenvalue weighted by Gasteiger charge is -2.08. The molecule has 0 atom stereocenters. The summed E-state index contributed by atoms with van der Waals surface area (Å²) < 4.78 is 13.6. The Kier molecular flexibility index (Phi) is 6.06. The van der Waals surface area contributed by atoms with E-state index in [0.717, 1.165) is 0 Å². The Morgan fingerprint density at radius 1 is 1.00 bits per heavy atom. The number of Topliss-reactive ketones (excluding diaryl/α,β-unsaturated/α-hetero) is 1. The van der Waals surface area contributed by atoms with Crippen LogP contribution in [0.15, 0.2) is 60.9 Å². The average Bonchev–Trinajstić information content (AvgIpc) is 2.70. The number of benzene rings is 2. The van der Waals surface area contributed by atoms with E-state index in [0.29, 0.717) is 35.7 Å². The van der Waals surface area contributed by atoms with E-state index < -0.39 is 0 Å². The summed E-state index contributed by atoms with van der Waals surface area (Å²) in [6.07, 6.45) is 3.30. The monoisotopic (exact) mass is 378 g/mol. The third-order valence-electron chi connectivity index (χ3n) is 4.08. The minimum atomic E-state index is -0.376. The normalized spacial score (nSPS) is 10.4. The zero-order valence-corrected chi connectivity index (χ0v) is 15.3. The van der Waals surface area contributed by atoms with Gasteiger partial charge in [-0.2, -0.15) is 0 Å². The van der Waals surface area contributed by atoms with E-state index in [1.54, 1.807) is 42.5 Å². The highest BCUT2D eigenvalue weighted by atomic mass is 19.1. The number of nitrogens with zero attached hydrogens (tertiary/aromatic N) is 2. The van der Waals surface area contributed by atoms with Gasteiger partial charge >= 0.3 is 0 Å². The average molecular weight is 378 g/mol. The lowest BCUT2D eigenvalue weighted by atomic mass is 10.1. The maximum Gasteiger partial charge on any atom is 0.258 e. The Morgan fingerprint density at radius 3 is 2.46 bits per heavy atom. The molecule has 1 aromatic heterocycles. The number of rotatable bonds is 7. The molecule has 6 nitrogen and oxygen atoms in total. The summed E-state index contributed by atoms with van der Waals surface area (Å²) in [5.74, 6) is -0.346. The first-order chi connectivity index (χ1) is 13.5. The molecule has 0 fully saturated rings. The van der Waals surface area contributed by atoms with Crippen LogP contribution in [0.3, 0.4) is 0 Å². The number of nitrogens with one attached hydrogen (secondary N) is 2. The predicted molar refractivity (Wildman–Crippen MR) is 105 cm³/mol. The van der Waals surface area contributed by atoms with Gasteiger partial charge in [0, 0.05) is 30.2 Å². The number of halogens is 1. The lowest BCUT2D eigenvalue weighted by Crippen LogP contribution is -2.14. The summed E-state index contributed by atoms with van der Waals surface area (Å²) in [7, 11) is 0. The molecule has 0 saturated carbocycles. The van der Waals surface area contributed by atoms with Gasteiger partial charge in [0.1, 0.15) is 5.82 Å². The SMILES string of the molecule is CC(=O)c1cccc(NC(=O)c2cnc(NCCc3ccccc3F)nc2)c1. The molecule has 0 bridgehead atoms. The minimum absolute atomic E-state index is 0.0785. The summed E-state index contributed by atoms with van der Waals surface area (Å²) >= 11 is 0. The van der Waals surface area contributed by atoms with Gasteiger partial charge in [-0.05, 0) is 37.1 Å². The molecular weight excluding hydrogens is 359 g/mol. The predicted octanol–water partition coefficient (Wildman–Crippen LogP) is 3.73. The summed E-state index contributed by atoms with van der Waals surface area (Å²) in [6, 6.07) is 13.3. The van der Waals surface area contributed by atoms with Gasteiger partial charge in [-0.1, -0.05) is 30.3 Å². The molecule has 0 unspecified atom stereocenters. The molecule has 0 radical (unpaired) electrons. The highest BCUT2D eigenvalue weighted by Gasteiger charge is 2.09. The van der Waals surface area contributed by atoms with E-state index in [1.807, 2.05) is 0 Å². The highest BCUT2D eigenvalue weighted by Crippen LogP contribution is 2.13. The largest absolute Gasteiger partial charge is 0.354 e. The number of hydrogen-bond donors (Lipinski definition) is 2. The Labute approximate surface area is 161 Å². The first-order valence-electron chi connectivity index (χ1n) is 8.74. The molecule has 3 rings (SSSR count). The van der Waals surface area contributed by atoms with Crippen LogP contribution in [0.4, 0.5) is 16.0 Å². The van der Waals surface area contributed by atoms with Crippen molar-refractivity contribution in [3.63, 3.8) is 0 Å². The van der Waals surface area contributed by atoms with E-state index in [4.69, 9.17) is 0 Å². The van der Waals surface area contributed by atoms with Gasteiger partial charge in [-0.3, -0.25) is 9.59 Å². The van der Waals surface area contributed by atoms with Crippen LogP contribution in [0, 0.1) is 5.82 Å². The lowest BCUT2D eigenvalue weighted by molar-refractivity contribution is 0.101. The van der Waals surface area contributed by atoms with Gasteiger partial charge in [-0.25, -0.2) is 14.4 Å². The number of amides is 1. The molecule has 1 amide bonds. The van der Waals surface area contributed by atoms with Gasteiger partial charge < -0.3 is 10.6 Å². The standard InChI is InChI=1S/C21H19FN4O2/c1-14(27)16-6-4-7-18(11-16)26-20(28)17-12-24-21(25-13-17)23-10-9-15-5-2-3-8-19(15)22/h2-8,11-13H,9-10H2,1H3,(H,26,28)(H,23,24,25). The Morgan fingerprint density at radius 2 is 1.75 bits per heavy atom. The van der Waals surface area contributed by atoms with Crippen molar-refractivity contribution < 1.29 is 14.0 Å². The summed E-state index contributed by atoms with van der Waals surface area (Å²) in [5, 5.41) is 5.71. The number of carbonyl (C=O) groups excluding carboxylic acids is 2. The van der Waals surface area contributed by atoms with Crippen molar-refractivity contribution in [3.8, 4) is 0 Å². The van der Waals surface area contributed by atoms with Crippen molar-refractivity contribution in [2.24, 2.45) is 0 Å². The zero-order valence-electron chi connectivity index (χ0n) is 15.3. The first kappa shape index (κ1) is 19.2. The molecule has 0 saturated heterocycles. The van der Waals surface area contributed by atoms with Crippen LogP contribution < -0.4 is 10.6 Å². The van der Waals surface area contributed by atoms with Crippen LogP contribution >= 0.6 is 0 Å². The molecule has 3 aromatic rings. The summed E-state index contributed by atoms with van der Waals surface area (Å²) in [5.41, 5.74) is 1.93. The van der Waals surface area contributed by atoms with Gasteiger partial charge in [-0.15, -0.1) is 0 Å². The van der Waals surface area contributed by atoms with E-state index in [1.165, 1.54) is 25.4 Å². The number of anilines is 2. The highest BCUT2D eigenvalue weighted by molar-refractivity contribution is 6.04. The number of ketones is 1. The number of aromatic nitrogens is 2. The Balaban J connectivity index is 1.56. The van der Waals surface area contributed by atoms with E-state index in [2.05, 4.69) is 20.6 Å². The third kappa shape index (κ3) is 4.97. The molecule has 28 heavy (non-hydrogen) atoms. The van der Waals surface area contributed by atoms with Crippen molar-refractivity contribution in [3.05, 3.63) is 83.4 Å². The van der Waals surface area contributed by atoms with Gasteiger partial charge in [0.2, 0.25) is 5.95 Å². The maximum atomic E-state index is 13.6. The van der Waals surface area contributed by atoms with Crippen LogP contribution in [-0.2, 0) is 6.42 Å². The molecule has 1 heterocycles. The van der Waals surface area contributed by atoms with Crippen LogP contribution in [0.5, 0.6) is 0 Å². The van der Waals surface area contributed by atoms with Crippen LogP contribution in [-0.4, -0.2) is 28.2 Å². The van der Waals surface area contributed by atoms with Crippen LogP contribution in [0.2, 0.25) is 0 Å². The van der Waals surface area contributed by atoms with Crippen molar-refractivity contribution in [2.75, 3.05) is 17.2 Å². The van der Waals surface area contributed by atoms with Crippen molar-refractivity contribution in [1.29, 1.82) is 0 Å². The molecule has 0 aliphatic carbocycles. The van der Waals surface area contributed by atoms with Crippen molar-refractivity contribution in [1.82, 2.24) is 9.97 Å². The van der Waals surface area contributed by atoms with Gasteiger partial charge in [0.15, 0.2) is 5.78 Å². The number of carbonyl (C=O) groups is 2. The quantitative estimate of drug-likeness (QED) is 0.612. The second-order valence-corrected chi connectivity index (χ2v) is 6.15. The summed E-state index contributed by atoms with van der Waals surface area (Å²) in [6.45, 7) is 1.93. The van der Waals surface area contributed by atoms with E-state index in [9.17, 15) is 14.0 Å². The van der Waals surface area contributed by atoms with Crippen molar-refractivity contribution in [2.45, 2.75) is 13.3 Å². The fraction of sp³-hybridized carbons (Fsp3) is 0.143. The van der Waals surface area contributed by atoms with E-state index >= 15 is 0 Å². The second kappa shape index (κ2) is 8.85. The van der Waals surface area contributed by atoms with Crippen molar-refractivity contribution >= 4 is 23.3 Å². The smallest absolute Gasteiger partial charge is 0.258 e. The second-order valence-electron chi connectivity index (χ2n) is 6.15. The summed E-state index contributed by atoms with van der Waals surface area (Å²) in [4.78, 5) is 32.0. The molecule has 2 N–H and O–H groups in total. The molecule has 7 heteroatoms. The topological polar surface area (TPSA) is 84.0 Å². The Hall–Kier alpha value is -3.61. The molecule has 0 aliphatic rings. The minimum Gasteiger partial charge on any atom is -0.354 e. The van der Waals surface area contributed by atoms with Gasteiger partial charge in [0.25, 0.3) is 5.91 Å². The molecule has 2 aromatic carbocycles. The molecular formula is C21H19FN4O2. The molecule has 0 spiro atoms. The fourth-order valence-corrected chi connectivity index (χ4v) is 2.57.